The molecule has 1 aromatic carbocycles. The van der Waals surface area contributed by atoms with E-state index in [0.29, 0.717) is 6.79 Å². The number of ether oxygens (including phenoxy) is 2. The van der Waals surface area contributed by atoms with Crippen molar-refractivity contribution in [3.8, 4) is 11.4 Å². The van der Waals surface area contributed by atoms with Crippen molar-refractivity contribution in [2.45, 2.75) is 31.0 Å². The second kappa shape index (κ2) is 7.06. The molecule has 0 unspecified atom stereocenters. The number of aryl methyl sites for hydroxylation is 1. The van der Waals surface area contributed by atoms with Crippen LogP contribution in [0.25, 0.3) is 11.4 Å². The highest BCUT2D eigenvalue weighted by atomic mass is 32.2. The third-order valence-electron chi connectivity index (χ3n) is 3.47. The van der Waals surface area contributed by atoms with Gasteiger partial charge in [0.2, 0.25) is 5.16 Å². The lowest BCUT2D eigenvalue weighted by atomic mass is 10.1. The lowest BCUT2D eigenvalue weighted by Gasteiger charge is -2.21. The highest BCUT2D eigenvalue weighted by molar-refractivity contribution is 7.99. The van der Waals surface area contributed by atoms with Gasteiger partial charge in [0.15, 0.2) is 5.82 Å². The van der Waals surface area contributed by atoms with Gasteiger partial charge in [0.05, 0.1) is 12.7 Å². The van der Waals surface area contributed by atoms with Crippen molar-refractivity contribution in [3.63, 3.8) is 0 Å². The molecule has 21 heavy (non-hydrogen) atoms. The summed E-state index contributed by atoms with van der Waals surface area (Å²) in [5.74, 6) is 1.67. The van der Waals surface area contributed by atoms with Gasteiger partial charge in [0.1, 0.15) is 6.79 Å². The second-order valence-electron chi connectivity index (χ2n) is 4.93. The van der Waals surface area contributed by atoms with E-state index >= 15 is 0 Å². The molecule has 0 radical (unpaired) electrons. The zero-order valence-corrected chi connectivity index (χ0v) is 12.9. The topological polar surface area (TPSA) is 60.0 Å². The van der Waals surface area contributed by atoms with Crippen molar-refractivity contribution in [1.82, 2.24) is 15.2 Å². The smallest absolute Gasteiger partial charge is 0.208 e. The summed E-state index contributed by atoms with van der Waals surface area (Å²) in [5.41, 5.74) is 2.39. The summed E-state index contributed by atoms with van der Waals surface area (Å²) in [7, 11) is 0. The lowest BCUT2D eigenvalue weighted by molar-refractivity contribution is -0.130. The number of benzene rings is 1. The van der Waals surface area contributed by atoms with Crippen molar-refractivity contribution in [3.05, 3.63) is 29.8 Å². The van der Waals surface area contributed by atoms with Gasteiger partial charge in [-0.1, -0.05) is 43.0 Å². The van der Waals surface area contributed by atoms with Gasteiger partial charge in [-0.15, -0.1) is 5.10 Å². The highest BCUT2D eigenvalue weighted by Gasteiger charge is 2.16. The van der Waals surface area contributed by atoms with Crippen LogP contribution in [0, 0.1) is 0 Å². The molecule has 1 N–H and O–H groups in total. The molecule has 1 atom stereocenters. The van der Waals surface area contributed by atoms with E-state index < -0.39 is 0 Å². The van der Waals surface area contributed by atoms with Crippen LogP contribution in [0.15, 0.2) is 29.4 Å². The Morgan fingerprint density at radius 1 is 1.33 bits per heavy atom. The normalized spacial score (nSPS) is 18.8. The maximum Gasteiger partial charge on any atom is 0.208 e. The number of thioether (sulfide) groups is 1. The van der Waals surface area contributed by atoms with Crippen LogP contribution in [-0.2, 0) is 15.9 Å². The Morgan fingerprint density at radius 2 is 2.19 bits per heavy atom. The SMILES string of the molecule is CCc1ccc(-c2nc(SC[C@@H]3CCOCO3)n[nH]2)cc1. The van der Waals surface area contributed by atoms with E-state index in [-0.39, 0.29) is 6.10 Å². The fraction of sp³-hybridized carbons (Fsp3) is 0.467. The predicted octanol–water partition coefficient (Wildman–Crippen LogP) is 2.89. The van der Waals surface area contributed by atoms with Gasteiger partial charge in [0, 0.05) is 11.3 Å². The first-order valence-electron chi connectivity index (χ1n) is 7.19. The molecule has 1 aliphatic heterocycles. The minimum Gasteiger partial charge on any atom is -0.355 e. The van der Waals surface area contributed by atoms with Crippen LogP contribution < -0.4 is 0 Å². The van der Waals surface area contributed by atoms with Gasteiger partial charge in [-0.25, -0.2) is 4.98 Å². The van der Waals surface area contributed by atoms with Crippen LogP contribution in [0.4, 0.5) is 0 Å². The van der Waals surface area contributed by atoms with Crippen LogP contribution >= 0.6 is 11.8 Å². The van der Waals surface area contributed by atoms with E-state index in [0.717, 1.165) is 41.7 Å². The van der Waals surface area contributed by atoms with E-state index in [9.17, 15) is 0 Å². The maximum absolute atomic E-state index is 5.51. The Morgan fingerprint density at radius 3 is 2.90 bits per heavy atom. The van der Waals surface area contributed by atoms with Crippen LogP contribution in [0.3, 0.4) is 0 Å². The van der Waals surface area contributed by atoms with Gasteiger partial charge in [0.25, 0.3) is 0 Å². The van der Waals surface area contributed by atoms with Crippen LogP contribution in [0.2, 0.25) is 0 Å². The Balaban J connectivity index is 1.59. The maximum atomic E-state index is 5.51. The first-order valence-corrected chi connectivity index (χ1v) is 8.17. The summed E-state index contributed by atoms with van der Waals surface area (Å²) >= 11 is 1.62. The minimum absolute atomic E-state index is 0.231. The molecule has 0 saturated carbocycles. The van der Waals surface area contributed by atoms with Gasteiger partial charge >= 0.3 is 0 Å². The third kappa shape index (κ3) is 3.84. The number of nitrogens with one attached hydrogen (secondary N) is 1. The summed E-state index contributed by atoms with van der Waals surface area (Å²) in [6.45, 7) is 3.32. The number of rotatable bonds is 5. The molecule has 2 heterocycles. The first-order chi connectivity index (χ1) is 10.3. The monoisotopic (exact) mass is 305 g/mol. The molecule has 2 aromatic rings. The zero-order chi connectivity index (χ0) is 14.5. The molecule has 0 spiro atoms. The summed E-state index contributed by atoms with van der Waals surface area (Å²) in [4.78, 5) is 4.53. The van der Waals surface area contributed by atoms with Crippen molar-refractivity contribution >= 4 is 11.8 Å². The van der Waals surface area contributed by atoms with Gasteiger partial charge in [-0.3, -0.25) is 5.10 Å². The van der Waals surface area contributed by atoms with E-state index in [1.807, 2.05) is 0 Å². The molecule has 0 amide bonds. The average molecular weight is 305 g/mol. The quantitative estimate of drug-likeness (QED) is 0.861. The second-order valence-corrected chi connectivity index (χ2v) is 5.92. The number of aromatic nitrogens is 3. The van der Waals surface area contributed by atoms with Crippen LogP contribution in [0.5, 0.6) is 0 Å². The Bertz CT molecular complexity index is 565. The number of aromatic amines is 1. The molecule has 1 aliphatic rings. The highest BCUT2D eigenvalue weighted by Crippen LogP contribution is 2.22. The van der Waals surface area contributed by atoms with Crippen molar-refractivity contribution in [1.29, 1.82) is 0 Å². The molecule has 112 valence electrons. The van der Waals surface area contributed by atoms with Crippen molar-refractivity contribution in [2.24, 2.45) is 0 Å². The zero-order valence-electron chi connectivity index (χ0n) is 12.0. The Kier molecular flexibility index (Phi) is 4.90. The molecule has 1 fully saturated rings. The number of nitrogens with zero attached hydrogens (tertiary/aromatic N) is 2. The number of H-pyrrole nitrogens is 1. The Hall–Kier alpha value is -1.37. The molecule has 0 aliphatic carbocycles. The molecule has 1 saturated heterocycles. The molecule has 6 heteroatoms. The largest absolute Gasteiger partial charge is 0.355 e. The number of hydrogen-bond acceptors (Lipinski definition) is 5. The molecule has 3 rings (SSSR count). The molecule has 5 nitrogen and oxygen atoms in total. The molecule has 1 aromatic heterocycles. The summed E-state index contributed by atoms with van der Waals surface area (Å²) in [6, 6.07) is 8.41. The fourth-order valence-electron chi connectivity index (χ4n) is 2.14. The van der Waals surface area contributed by atoms with Crippen LogP contribution in [0.1, 0.15) is 18.9 Å². The third-order valence-corrected chi connectivity index (χ3v) is 4.45. The van der Waals surface area contributed by atoms with E-state index in [1.54, 1.807) is 11.8 Å². The average Bonchev–Trinajstić information content (AvgIpc) is 3.03. The molecule has 0 bridgehead atoms. The molecular weight excluding hydrogens is 286 g/mol. The van der Waals surface area contributed by atoms with E-state index in [1.165, 1.54) is 5.56 Å². The standard InChI is InChI=1S/C15H19N3O2S/c1-2-11-3-5-12(6-4-11)14-16-15(18-17-14)21-9-13-7-8-19-10-20-13/h3-6,13H,2,7-10H2,1H3,(H,16,17,18)/t13-/m0/s1. The molecular formula is C15H19N3O2S. The van der Waals surface area contributed by atoms with Crippen molar-refractivity contribution in [2.75, 3.05) is 19.2 Å². The summed E-state index contributed by atoms with van der Waals surface area (Å²) in [6.07, 6.45) is 2.21. The summed E-state index contributed by atoms with van der Waals surface area (Å²) in [5, 5.41) is 8.02. The minimum atomic E-state index is 0.231. The Labute approximate surface area is 128 Å². The first kappa shape index (κ1) is 14.6. The van der Waals surface area contributed by atoms with E-state index in [4.69, 9.17) is 9.47 Å². The van der Waals surface area contributed by atoms with Gasteiger partial charge in [-0.05, 0) is 18.4 Å². The van der Waals surface area contributed by atoms with E-state index in [2.05, 4.69) is 46.4 Å². The van der Waals surface area contributed by atoms with Crippen molar-refractivity contribution < 1.29 is 9.47 Å². The lowest BCUT2D eigenvalue weighted by Crippen LogP contribution is -2.25. The fourth-order valence-corrected chi connectivity index (χ4v) is 3.00. The summed E-state index contributed by atoms with van der Waals surface area (Å²) < 4.78 is 10.7. The van der Waals surface area contributed by atoms with Gasteiger partial charge < -0.3 is 9.47 Å². The van der Waals surface area contributed by atoms with Crippen LogP contribution in [-0.4, -0.2) is 40.4 Å². The number of hydrogen-bond donors (Lipinski definition) is 1. The predicted molar refractivity (Wildman–Crippen MR) is 82.2 cm³/mol. The van der Waals surface area contributed by atoms with Gasteiger partial charge in [-0.2, -0.15) is 0 Å².